The Morgan fingerprint density at radius 2 is 1.85 bits per heavy atom. The van der Waals surface area contributed by atoms with Gasteiger partial charge in [-0.2, -0.15) is 0 Å². The molecule has 0 aromatic heterocycles. The van der Waals surface area contributed by atoms with Crippen LogP contribution in [-0.2, 0) is 0 Å². The maximum Gasteiger partial charge on any atom is 0.0568 e. The first-order valence-corrected chi connectivity index (χ1v) is 5.70. The van der Waals surface area contributed by atoms with Gasteiger partial charge in [0, 0.05) is 0 Å². The molecule has 0 aliphatic heterocycles. The van der Waals surface area contributed by atoms with Crippen LogP contribution in [0.2, 0.25) is 0 Å². The molecule has 1 saturated carbocycles. The molecule has 1 N–H and O–H groups in total. The summed E-state index contributed by atoms with van der Waals surface area (Å²) in [4.78, 5) is 0. The summed E-state index contributed by atoms with van der Waals surface area (Å²) in [5, 5.41) is 9.78. The fraction of sp³-hybridized carbons (Fsp3) is 1.00. The van der Waals surface area contributed by atoms with Gasteiger partial charge < -0.3 is 5.11 Å². The van der Waals surface area contributed by atoms with Gasteiger partial charge in [-0.25, -0.2) is 0 Å². The van der Waals surface area contributed by atoms with E-state index in [2.05, 4.69) is 27.7 Å². The van der Waals surface area contributed by atoms with E-state index in [1.54, 1.807) is 0 Å². The molecule has 4 atom stereocenters. The molecule has 1 rings (SSSR count). The Labute approximate surface area is 82.5 Å². The Bertz CT molecular complexity index is 153. The Morgan fingerprint density at radius 3 is 2.38 bits per heavy atom. The van der Waals surface area contributed by atoms with Crippen molar-refractivity contribution < 1.29 is 5.11 Å². The highest BCUT2D eigenvalue weighted by Crippen LogP contribution is 2.38. The summed E-state index contributed by atoms with van der Waals surface area (Å²) in [5.74, 6) is 2.82. The molecule has 4 unspecified atom stereocenters. The number of hydrogen-bond acceptors (Lipinski definition) is 1. The molecule has 13 heavy (non-hydrogen) atoms. The van der Waals surface area contributed by atoms with Gasteiger partial charge in [0.15, 0.2) is 0 Å². The average molecular weight is 184 g/mol. The lowest BCUT2D eigenvalue weighted by atomic mass is 9.69. The summed E-state index contributed by atoms with van der Waals surface area (Å²) in [6.07, 6.45) is 3.46. The molecule has 0 aromatic rings. The van der Waals surface area contributed by atoms with E-state index < -0.39 is 0 Å². The Balaban J connectivity index is 2.55. The van der Waals surface area contributed by atoms with Crippen LogP contribution in [0.1, 0.15) is 47.0 Å². The van der Waals surface area contributed by atoms with Crippen molar-refractivity contribution in [3.05, 3.63) is 0 Å². The second kappa shape index (κ2) is 4.45. The van der Waals surface area contributed by atoms with E-state index in [-0.39, 0.29) is 6.10 Å². The van der Waals surface area contributed by atoms with Crippen molar-refractivity contribution in [2.45, 2.75) is 53.1 Å². The largest absolute Gasteiger partial charge is 0.393 e. The predicted octanol–water partition coefficient (Wildman–Crippen LogP) is 3.08. The number of aliphatic hydroxyl groups excluding tert-OH is 1. The molecule has 78 valence electrons. The summed E-state index contributed by atoms with van der Waals surface area (Å²) in [7, 11) is 0. The van der Waals surface area contributed by atoms with Crippen molar-refractivity contribution in [2.75, 3.05) is 0 Å². The zero-order chi connectivity index (χ0) is 10.0. The van der Waals surface area contributed by atoms with Crippen molar-refractivity contribution >= 4 is 0 Å². The molecule has 0 radical (unpaired) electrons. The molecule has 0 bridgehead atoms. The van der Waals surface area contributed by atoms with Crippen LogP contribution in [0.4, 0.5) is 0 Å². The first-order chi connectivity index (χ1) is 6.02. The normalized spacial score (nSPS) is 41.1. The topological polar surface area (TPSA) is 20.2 Å². The molecule has 1 aliphatic rings. The zero-order valence-electron chi connectivity index (χ0n) is 9.46. The van der Waals surface area contributed by atoms with Crippen molar-refractivity contribution in [1.29, 1.82) is 0 Å². The molecule has 0 aromatic carbocycles. The lowest BCUT2D eigenvalue weighted by Crippen LogP contribution is -2.35. The van der Waals surface area contributed by atoms with Crippen molar-refractivity contribution in [3.8, 4) is 0 Å². The second-order valence-corrected chi connectivity index (χ2v) is 5.27. The lowest BCUT2D eigenvalue weighted by molar-refractivity contribution is 0.00821. The van der Waals surface area contributed by atoms with Crippen LogP contribution in [0.15, 0.2) is 0 Å². The second-order valence-electron chi connectivity index (χ2n) is 5.27. The molecular formula is C12H24O. The van der Waals surface area contributed by atoms with E-state index in [1.807, 2.05) is 0 Å². The van der Waals surface area contributed by atoms with E-state index in [4.69, 9.17) is 0 Å². The number of rotatable bonds is 2. The van der Waals surface area contributed by atoms with Gasteiger partial charge in [-0.05, 0) is 42.9 Å². The molecule has 1 heteroatoms. The zero-order valence-corrected chi connectivity index (χ0v) is 9.46. The van der Waals surface area contributed by atoms with E-state index in [0.717, 1.165) is 24.2 Å². The van der Waals surface area contributed by atoms with Gasteiger partial charge in [-0.1, -0.05) is 27.7 Å². The monoisotopic (exact) mass is 184 g/mol. The molecule has 1 aliphatic carbocycles. The lowest BCUT2D eigenvalue weighted by Gasteiger charge is -2.39. The maximum absolute atomic E-state index is 9.78. The van der Waals surface area contributed by atoms with Crippen LogP contribution in [0.25, 0.3) is 0 Å². The minimum absolute atomic E-state index is 0.0417. The van der Waals surface area contributed by atoms with E-state index in [0.29, 0.717) is 5.92 Å². The van der Waals surface area contributed by atoms with Gasteiger partial charge in [0.05, 0.1) is 6.10 Å². The van der Waals surface area contributed by atoms with E-state index in [1.165, 1.54) is 12.8 Å². The van der Waals surface area contributed by atoms with Crippen molar-refractivity contribution in [2.24, 2.45) is 23.7 Å². The van der Waals surface area contributed by atoms with Crippen LogP contribution in [0, 0.1) is 23.7 Å². The van der Waals surface area contributed by atoms with Crippen molar-refractivity contribution in [3.63, 3.8) is 0 Å². The molecule has 1 nitrogen and oxygen atoms in total. The van der Waals surface area contributed by atoms with Crippen LogP contribution >= 0.6 is 0 Å². The van der Waals surface area contributed by atoms with Crippen LogP contribution in [-0.4, -0.2) is 11.2 Å². The first kappa shape index (κ1) is 11.0. The highest BCUT2D eigenvalue weighted by Gasteiger charge is 2.33. The minimum Gasteiger partial charge on any atom is -0.393 e. The molecule has 0 saturated heterocycles. The predicted molar refractivity (Wildman–Crippen MR) is 56.5 cm³/mol. The summed E-state index contributed by atoms with van der Waals surface area (Å²) in [5.41, 5.74) is 0. The fourth-order valence-corrected chi connectivity index (χ4v) is 2.71. The molecule has 0 spiro atoms. The van der Waals surface area contributed by atoms with E-state index >= 15 is 0 Å². The maximum atomic E-state index is 9.78. The quantitative estimate of drug-likeness (QED) is 0.699. The van der Waals surface area contributed by atoms with Gasteiger partial charge in [0.2, 0.25) is 0 Å². The van der Waals surface area contributed by atoms with Gasteiger partial charge in [-0.15, -0.1) is 0 Å². The molecule has 1 fully saturated rings. The third-order valence-electron chi connectivity index (χ3n) is 3.67. The summed E-state index contributed by atoms with van der Waals surface area (Å²) in [6, 6.07) is 0. The highest BCUT2D eigenvalue weighted by atomic mass is 16.3. The SMILES string of the molecule is CC(C)CC1C(C)CCC(O)C1C. The van der Waals surface area contributed by atoms with Gasteiger partial charge in [0.25, 0.3) is 0 Å². The van der Waals surface area contributed by atoms with Crippen LogP contribution < -0.4 is 0 Å². The summed E-state index contributed by atoms with van der Waals surface area (Å²) < 4.78 is 0. The Morgan fingerprint density at radius 1 is 1.23 bits per heavy atom. The summed E-state index contributed by atoms with van der Waals surface area (Å²) >= 11 is 0. The van der Waals surface area contributed by atoms with Crippen LogP contribution in [0.5, 0.6) is 0 Å². The van der Waals surface area contributed by atoms with Gasteiger partial charge in [0.1, 0.15) is 0 Å². The smallest absolute Gasteiger partial charge is 0.0568 e. The molecule has 0 heterocycles. The van der Waals surface area contributed by atoms with Crippen LogP contribution in [0.3, 0.4) is 0 Å². The van der Waals surface area contributed by atoms with Gasteiger partial charge in [-0.3, -0.25) is 0 Å². The van der Waals surface area contributed by atoms with Crippen molar-refractivity contribution in [1.82, 2.24) is 0 Å². The number of aliphatic hydroxyl groups is 1. The standard InChI is InChI=1S/C12H24O/c1-8(2)7-11-9(3)5-6-12(13)10(11)4/h8-13H,5-7H2,1-4H3. The minimum atomic E-state index is -0.0417. The molecule has 0 amide bonds. The van der Waals surface area contributed by atoms with Gasteiger partial charge >= 0.3 is 0 Å². The van der Waals surface area contributed by atoms with E-state index in [9.17, 15) is 5.11 Å². The third-order valence-corrected chi connectivity index (χ3v) is 3.67. The fourth-order valence-electron chi connectivity index (χ4n) is 2.71. The highest BCUT2D eigenvalue weighted by molar-refractivity contribution is 4.83. The summed E-state index contributed by atoms with van der Waals surface area (Å²) in [6.45, 7) is 9.11. The first-order valence-electron chi connectivity index (χ1n) is 5.70. The third kappa shape index (κ3) is 2.70. The number of hydrogen-bond donors (Lipinski definition) is 1. The average Bonchev–Trinajstić information content (AvgIpc) is 2.05. The Kier molecular flexibility index (Phi) is 3.78. The Hall–Kier alpha value is -0.0400. The molecular weight excluding hydrogens is 160 g/mol.